The van der Waals surface area contributed by atoms with Crippen molar-refractivity contribution >= 4 is 11.9 Å². The molecule has 1 amide bonds. The van der Waals surface area contributed by atoms with E-state index in [1.807, 2.05) is 6.07 Å². The van der Waals surface area contributed by atoms with E-state index in [1.54, 1.807) is 6.07 Å². The Hall–Kier alpha value is -2.54. The van der Waals surface area contributed by atoms with Crippen LogP contribution in [0.25, 0.3) is 0 Å². The summed E-state index contributed by atoms with van der Waals surface area (Å²) in [5, 5.41) is 30.5. The molecule has 96 valence electrons. The van der Waals surface area contributed by atoms with E-state index in [2.05, 4.69) is 10.6 Å². The van der Waals surface area contributed by atoms with E-state index < -0.39 is 11.9 Å². The highest BCUT2D eigenvalue weighted by Crippen LogP contribution is 1.92. The molecule has 0 heterocycles. The number of rotatable bonds is 8. The Labute approximate surface area is 105 Å². The van der Waals surface area contributed by atoms with Gasteiger partial charge in [0.05, 0.1) is 12.5 Å². The van der Waals surface area contributed by atoms with E-state index in [4.69, 9.17) is 15.6 Å². The molecule has 0 saturated heterocycles. The lowest BCUT2D eigenvalue weighted by atomic mass is 10.2. The summed E-state index contributed by atoms with van der Waals surface area (Å²) < 4.78 is 0. The Morgan fingerprint density at radius 3 is 2.56 bits per heavy atom. The Kier molecular flexibility index (Phi) is 8.30. The van der Waals surface area contributed by atoms with E-state index in [1.165, 1.54) is 6.20 Å². The fraction of sp³-hybridized carbons (Fsp3) is 0.455. The van der Waals surface area contributed by atoms with E-state index in [0.717, 1.165) is 0 Å². The molecular weight excluding hydrogens is 236 g/mol. The summed E-state index contributed by atoms with van der Waals surface area (Å²) in [6, 6.07) is 3.63. The zero-order valence-electron chi connectivity index (χ0n) is 9.77. The van der Waals surface area contributed by atoms with Crippen molar-refractivity contribution in [3.8, 4) is 12.1 Å². The maximum atomic E-state index is 11.4. The van der Waals surface area contributed by atoms with Crippen molar-refractivity contribution < 1.29 is 14.7 Å². The average Bonchev–Trinajstić information content (AvgIpc) is 2.34. The molecule has 0 aliphatic rings. The first-order valence-electron chi connectivity index (χ1n) is 5.32. The minimum Gasteiger partial charge on any atom is -0.481 e. The van der Waals surface area contributed by atoms with Crippen molar-refractivity contribution in [2.24, 2.45) is 0 Å². The smallest absolute Gasteiger partial charge is 0.303 e. The van der Waals surface area contributed by atoms with Crippen LogP contribution in [0.2, 0.25) is 0 Å². The van der Waals surface area contributed by atoms with Crippen molar-refractivity contribution in [1.82, 2.24) is 10.6 Å². The van der Waals surface area contributed by atoms with Crippen LogP contribution in [0.1, 0.15) is 19.3 Å². The first-order valence-corrected chi connectivity index (χ1v) is 5.32. The highest BCUT2D eigenvalue weighted by Gasteiger charge is 2.07. The molecule has 18 heavy (non-hydrogen) atoms. The van der Waals surface area contributed by atoms with Gasteiger partial charge in [-0.1, -0.05) is 0 Å². The van der Waals surface area contributed by atoms with Crippen molar-refractivity contribution in [1.29, 1.82) is 10.5 Å². The standard InChI is InChI=1S/C11H14N4O3/c12-4-2-5-14-8-9(7-13)11(18)15-6-1-3-10(16)17/h8,14H,1-3,5-6H2,(H,15,18)(H,16,17)/b9-8-. The molecule has 0 aromatic heterocycles. The van der Waals surface area contributed by atoms with Gasteiger partial charge in [0.2, 0.25) is 0 Å². The van der Waals surface area contributed by atoms with Crippen LogP contribution >= 0.6 is 0 Å². The Morgan fingerprint density at radius 1 is 1.28 bits per heavy atom. The number of hydrogen-bond acceptors (Lipinski definition) is 5. The SMILES string of the molecule is N#CCCN/C=C(/C#N)C(=O)NCCCC(=O)O. The molecule has 0 radical (unpaired) electrons. The largest absolute Gasteiger partial charge is 0.481 e. The molecule has 0 atom stereocenters. The first kappa shape index (κ1) is 15.5. The zero-order valence-corrected chi connectivity index (χ0v) is 9.77. The first-order chi connectivity index (χ1) is 8.61. The van der Waals surface area contributed by atoms with Gasteiger partial charge in [0.1, 0.15) is 11.6 Å². The molecule has 0 fully saturated rings. The lowest BCUT2D eigenvalue weighted by molar-refractivity contribution is -0.137. The highest BCUT2D eigenvalue weighted by molar-refractivity contribution is 5.97. The quantitative estimate of drug-likeness (QED) is 0.313. The molecule has 7 heteroatoms. The molecule has 0 bridgehead atoms. The minimum atomic E-state index is -0.932. The third-order valence-electron chi connectivity index (χ3n) is 1.85. The predicted molar refractivity (Wildman–Crippen MR) is 61.8 cm³/mol. The van der Waals surface area contributed by atoms with Gasteiger partial charge in [-0.15, -0.1) is 0 Å². The number of amides is 1. The molecule has 3 N–H and O–H groups in total. The molecule has 7 nitrogen and oxygen atoms in total. The van der Waals surface area contributed by atoms with Gasteiger partial charge < -0.3 is 15.7 Å². The van der Waals surface area contributed by atoms with Gasteiger partial charge in [-0.2, -0.15) is 10.5 Å². The normalized spacial score (nSPS) is 10.0. The predicted octanol–water partition coefficient (Wildman–Crippen LogP) is -0.122. The second-order valence-corrected chi connectivity index (χ2v) is 3.29. The lowest BCUT2D eigenvalue weighted by Crippen LogP contribution is -2.27. The Bertz CT molecular complexity index is 403. The minimum absolute atomic E-state index is 0.0354. The molecule has 0 aromatic rings. The van der Waals surface area contributed by atoms with E-state index in [0.29, 0.717) is 13.0 Å². The topological polar surface area (TPSA) is 126 Å². The van der Waals surface area contributed by atoms with Crippen LogP contribution in [0, 0.1) is 22.7 Å². The van der Waals surface area contributed by atoms with Gasteiger partial charge in [0, 0.05) is 25.7 Å². The van der Waals surface area contributed by atoms with Crippen LogP contribution < -0.4 is 10.6 Å². The monoisotopic (exact) mass is 250 g/mol. The molecule has 0 saturated carbocycles. The number of carbonyl (C=O) groups is 2. The van der Waals surface area contributed by atoms with Crippen LogP contribution in [0.15, 0.2) is 11.8 Å². The summed E-state index contributed by atoms with van der Waals surface area (Å²) >= 11 is 0. The number of carbonyl (C=O) groups excluding carboxylic acids is 1. The maximum absolute atomic E-state index is 11.4. The van der Waals surface area contributed by atoms with E-state index >= 15 is 0 Å². The summed E-state index contributed by atoms with van der Waals surface area (Å²) in [6.07, 6.45) is 1.78. The molecule has 0 unspecified atom stereocenters. The van der Waals surface area contributed by atoms with Gasteiger partial charge in [0.15, 0.2) is 0 Å². The van der Waals surface area contributed by atoms with Gasteiger partial charge in [0.25, 0.3) is 5.91 Å². The summed E-state index contributed by atoms with van der Waals surface area (Å²) in [7, 11) is 0. The summed E-state index contributed by atoms with van der Waals surface area (Å²) in [5.41, 5.74) is -0.108. The number of carboxylic acids is 1. The number of nitrogens with one attached hydrogen (secondary N) is 2. The maximum Gasteiger partial charge on any atom is 0.303 e. The van der Waals surface area contributed by atoms with Crippen LogP contribution in [-0.4, -0.2) is 30.1 Å². The molecule has 0 aromatic carbocycles. The molecular formula is C11H14N4O3. The molecule has 0 aliphatic carbocycles. The number of nitriles is 2. The van der Waals surface area contributed by atoms with Gasteiger partial charge >= 0.3 is 5.97 Å². The van der Waals surface area contributed by atoms with Gasteiger partial charge in [-0.05, 0) is 6.42 Å². The second kappa shape index (κ2) is 9.67. The van der Waals surface area contributed by atoms with Crippen LogP contribution in [0.4, 0.5) is 0 Å². The average molecular weight is 250 g/mol. The summed E-state index contributed by atoms with van der Waals surface area (Å²) in [6.45, 7) is 0.552. The van der Waals surface area contributed by atoms with Crippen LogP contribution in [0.5, 0.6) is 0 Å². The Balaban J connectivity index is 4.00. The fourth-order valence-electron chi connectivity index (χ4n) is 0.988. The fourth-order valence-corrected chi connectivity index (χ4v) is 0.988. The third-order valence-corrected chi connectivity index (χ3v) is 1.85. The van der Waals surface area contributed by atoms with Crippen LogP contribution in [0.3, 0.4) is 0 Å². The molecule has 0 spiro atoms. The van der Waals surface area contributed by atoms with Crippen molar-refractivity contribution in [3.63, 3.8) is 0 Å². The van der Waals surface area contributed by atoms with E-state index in [9.17, 15) is 9.59 Å². The van der Waals surface area contributed by atoms with Crippen molar-refractivity contribution in [3.05, 3.63) is 11.8 Å². The zero-order chi connectivity index (χ0) is 13.8. The second-order valence-electron chi connectivity index (χ2n) is 3.29. The number of nitrogens with zero attached hydrogens (tertiary/aromatic N) is 2. The molecule has 0 rings (SSSR count). The highest BCUT2D eigenvalue weighted by atomic mass is 16.4. The number of aliphatic carboxylic acids is 1. The van der Waals surface area contributed by atoms with Gasteiger partial charge in [-0.25, -0.2) is 0 Å². The van der Waals surface area contributed by atoms with Crippen molar-refractivity contribution in [2.75, 3.05) is 13.1 Å². The van der Waals surface area contributed by atoms with Crippen LogP contribution in [-0.2, 0) is 9.59 Å². The lowest BCUT2D eigenvalue weighted by Gasteiger charge is -2.03. The summed E-state index contributed by atoms with van der Waals surface area (Å²) in [4.78, 5) is 21.7. The number of hydrogen-bond donors (Lipinski definition) is 3. The van der Waals surface area contributed by atoms with E-state index in [-0.39, 0.29) is 25.0 Å². The third kappa shape index (κ3) is 7.71. The molecule has 0 aliphatic heterocycles. The van der Waals surface area contributed by atoms with Gasteiger partial charge in [-0.3, -0.25) is 9.59 Å². The Morgan fingerprint density at radius 2 is 2.00 bits per heavy atom. The van der Waals surface area contributed by atoms with Crippen molar-refractivity contribution in [2.45, 2.75) is 19.3 Å². The summed E-state index contributed by atoms with van der Waals surface area (Å²) in [5.74, 6) is -1.49. The number of carboxylic acid groups (broad SMARTS) is 1.